The number of rotatable bonds is 3. The number of alkyl halides is 1. The molecule has 0 aliphatic carbocycles. The van der Waals surface area contributed by atoms with Crippen molar-refractivity contribution >= 4 is 21.8 Å². The normalized spacial score (nSPS) is 13.7. The molecule has 1 aromatic heterocycles. The van der Waals surface area contributed by atoms with Crippen molar-refractivity contribution in [2.24, 2.45) is 7.05 Å². The van der Waals surface area contributed by atoms with E-state index in [0.29, 0.717) is 5.69 Å². The van der Waals surface area contributed by atoms with Crippen LogP contribution in [0.3, 0.4) is 0 Å². The minimum Gasteiger partial charge on any atom is -0.345 e. The monoisotopic (exact) mass is 273 g/mol. The molecule has 0 fully saturated rings. The Morgan fingerprint density at radius 3 is 2.67 bits per heavy atom. The van der Waals surface area contributed by atoms with Crippen molar-refractivity contribution in [1.82, 2.24) is 14.9 Å². The predicted molar refractivity (Wildman–Crippen MR) is 63.1 cm³/mol. The van der Waals surface area contributed by atoms with Crippen LogP contribution in [0.25, 0.3) is 0 Å². The van der Waals surface area contributed by atoms with Crippen molar-refractivity contribution in [3.63, 3.8) is 0 Å². The molecule has 0 aliphatic heterocycles. The number of aryl methyl sites for hydroxylation is 1. The van der Waals surface area contributed by atoms with E-state index in [4.69, 9.17) is 0 Å². The molecule has 1 N–H and O–H groups in total. The maximum Gasteiger partial charge on any atom is 0.269 e. The Balaban J connectivity index is 2.77. The smallest absolute Gasteiger partial charge is 0.269 e. The fourth-order valence-corrected chi connectivity index (χ4v) is 1.15. The first kappa shape index (κ1) is 12.2. The van der Waals surface area contributed by atoms with Gasteiger partial charge in [-0.1, -0.05) is 22.9 Å². The second kappa shape index (κ2) is 4.35. The van der Waals surface area contributed by atoms with Gasteiger partial charge in [-0.2, -0.15) is 0 Å². The molecule has 84 valence electrons. The van der Waals surface area contributed by atoms with Gasteiger partial charge in [0.05, 0.1) is 12.5 Å². The number of carbonyl (C=O) groups excluding carboxylic acids is 1. The van der Waals surface area contributed by atoms with Gasteiger partial charge in [0.15, 0.2) is 0 Å². The zero-order chi connectivity index (χ0) is 11.6. The highest BCUT2D eigenvalue weighted by molar-refractivity contribution is 9.09. The van der Waals surface area contributed by atoms with E-state index in [0.717, 1.165) is 0 Å². The molecule has 0 radical (unpaired) electrons. The summed E-state index contributed by atoms with van der Waals surface area (Å²) >= 11 is 3.47. The molecule has 4 nitrogen and oxygen atoms in total. The number of hydrogen-bond acceptors (Lipinski definition) is 2. The molecule has 15 heavy (non-hydrogen) atoms. The van der Waals surface area contributed by atoms with Gasteiger partial charge in [0.1, 0.15) is 5.69 Å². The molecule has 1 atom stereocenters. The number of carbonyl (C=O) groups is 1. The molecular weight excluding hydrogens is 258 g/mol. The van der Waals surface area contributed by atoms with Crippen LogP contribution in [0.15, 0.2) is 12.5 Å². The van der Waals surface area contributed by atoms with Crippen LogP contribution in [-0.2, 0) is 7.05 Å². The highest BCUT2D eigenvalue weighted by atomic mass is 79.9. The van der Waals surface area contributed by atoms with Gasteiger partial charge in [0.2, 0.25) is 0 Å². The fraction of sp³-hybridized carbons (Fsp3) is 0.600. The van der Waals surface area contributed by atoms with Gasteiger partial charge in [0.25, 0.3) is 5.91 Å². The summed E-state index contributed by atoms with van der Waals surface area (Å²) in [5, 5.41) is 2.95. The molecular formula is C10H16BrN3O. The summed E-state index contributed by atoms with van der Waals surface area (Å²) in [6.45, 7) is 5.95. The third-order valence-corrected chi connectivity index (χ3v) is 3.62. The second-order valence-corrected chi connectivity index (χ2v) is 5.56. The molecule has 0 aromatic carbocycles. The Kier molecular flexibility index (Phi) is 3.54. The van der Waals surface area contributed by atoms with Crippen LogP contribution in [0.1, 0.15) is 31.3 Å². The lowest BCUT2D eigenvalue weighted by molar-refractivity contribution is 0.0905. The predicted octanol–water partition coefficient (Wildman–Crippen LogP) is 1.71. The molecule has 0 saturated heterocycles. The molecule has 1 unspecified atom stereocenters. The lowest BCUT2D eigenvalue weighted by Gasteiger charge is -2.29. The first-order valence-electron chi connectivity index (χ1n) is 4.77. The van der Waals surface area contributed by atoms with Crippen LogP contribution in [0.2, 0.25) is 0 Å². The highest BCUT2D eigenvalue weighted by Crippen LogP contribution is 2.17. The molecule has 1 heterocycles. The fourth-order valence-electron chi connectivity index (χ4n) is 1.03. The molecule has 1 rings (SSSR count). The first-order chi connectivity index (χ1) is 6.84. The Morgan fingerprint density at radius 2 is 2.27 bits per heavy atom. The van der Waals surface area contributed by atoms with Gasteiger partial charge in [-0.25, -0.2) is 4.98 Å². The van der Waals surface area contributed by atoms with Crippen molar-refractivity contribution in [2.45, 2.75) is 31.1 Å². The van der Waals surface area contributed by atoms with Gasteiger partial charge in [0, 0.05) is 17.4 Å². The SMILES string of the molecule is CC(Br)C(C)(C)NC(=O)c1cncn1C. The lowest BCUT2D eigenvalue weighted by atomic mass is 10.0. The third kappa shape index (κ3) is 2.81. The summed E-state index contributed by atoms with van der Waals surface area (Å²) in [5.41, 5.74) is 0.276. The third-order valence-electron chi connectivity index (χ3n) is 2.48. The molecule has 1 aromatic rings. The minimum absolute atomic E-state index is 0.105. The Hall–Kier alpha value is -0.840. The van der Waals surface area contributed by atoms with Crippen LogP contribution in [0.4, 0.5) is 0 Å². The largest absolute Gasteiger partial charge is 0.345 e. The van der Waals surface area contributed by atoms with E-state index in [1.807, 2.05) is 20.8 Å². The average molecular weight is 274 g/mol. The Morgan fingerprint density at radius 1 is 1.67 bits per heavy atom. The quantitative estimate of drug-likeness (QED) is 0.853. The van der Waals surface area contributed by atoms with Gasteiger partial charge in [-0.3, -0.25) is 4.79 Å². The number of amides is 1. The molecule has 0 aliphatic rings. The maximum atomic E-state index is 11.9. The van der Waals surface area contributed by atoms with Gasteiger partial charge >= 0.3 is 0 Å². The Labute approximate surface area is 98.2 Å². The topological polar surface area (TPSA) is 46.9 Å². The van der Waals surface area contributed by atoms with Crippen molar-refractivity contribution in [2.75, 3.05) is 0 Å². The van der Waals surface area contributed by atoms with E-state index in [1.165, 1.54) is 0 Å². The standard InChI is InChI=1S/C10H16BrN3O/c1-7(11)10(2,3)13-9(15)8-5-12-6-14(8)4/h5-7H,1-4H3,(H,13,15). The first-order valence-corrected chi connectivity index (χ1v) is 5.69. The van der Waals surface area contributed by atoms with Crippen molar-refractivity contribution in [3.05, 3.63) is 18.2 Å². The zero-order valence-electron chi connectivity index (χ0n) is 9.41. The van der Waals surface area contributed by atoms with Crippen LogP contribution < -0.4 is 5.32 Å². The van der Waals surface area contributed by atoms with Crippen molar-refractivity contribution in [3.8, 4) is 0 Å². The lowest BCUT2D eigenvalue weighted by Crippen LogP contribution is -2.49. The number of aromatic nitrogens is 2. The molecule has 1 amide bonds. The van der Waals surface area contributed by atoms with Crippen LogP contribution in [0.5, 0.6) is 0 Å². The number of halogens is 1. The number of imidazole rings is 1. The molecule has 0 bridgehead atoms. The molecule has 5 heteroatoms. The summed E-state index contributed by atoms with van der Waals surface area (Å²) in [7, 11) is 1.80. The van der Waals surface area contributed by atoms with Gasteiger partial charge < -0.3 is 9.88 Å². The zero-order valence-corrected chi connectivity index (χ0v) is 11.0. The summed E-state index contributed by atoms with van der Waals surface area (Å²) < 4.78 is 1.70. The summed E-state index contributed by atoms with van der Waals surface area (Å²) in [4.78, 5) is 16.0. The average Bonchev–Trinajstić information content (AvgIpc) is 2.50. The highest BCUT2D eigenvalue weighted by Gasteiger charge is 2.26. The van der Waals surface area contributed by atoms with Crippen molar-refractivity contribution in [1.29, 1.82) is 0 Å². The van der Waals surface area contributed by atoms with Gasteiger partial charge in [-0.05, 0) is 13.8 Å². The minimum atomic E-state index is -0.290. The number of nitrogens with one attached hydrogen (secondary N) is 1. The van der Waals surface area contributed by atoms with Crippen LogP contribution >= 0.6 is 15.9 Å². The van der Waals surface area contributed by atoms with Crippen LogP contribution in [0, 0.1) is 0 Å². The van der Waals surface area contributed by atoms with E-state index in [-0.39, 0.29) is 16.3 Å². The van der Waals surface area contributed by atoms with E-state index >= 15 is 0 Å². The van der Waals surface area contributed by atoms with E-state index in [9.17, 15) is 4.79 Å². The Bertz CT molecular complexity index is 357. The maximum absolute atomic E-state index is 11.9. The second-order valence-electron chi connectivity index (χ2n) is 4.18. The molecule has 0 spiro atoms. The van der Waals surface area contributed by atoms with E-state index in [1.54, 1.807) is 24.1 Å². The van der Waals surface area contributed by atoms with Crippen molar-refractivity contribution < 1.29 is 4.79 Å². The number of nitrogens with zero attached hydrogens (tertiary/aromatic N) is 2. The van der Waals surface area contributed by atoms with Gasteiger partial charge in [-0.15, -0.1) is 0 Å². The summed E-state index contributed by atoms with van der Waals surface area (Å²) in [6.07, 6.45) is 3.17. The van der Waals surface area contributed by atoms with Crippen LogP contribution in [-0.4, -0.2) is 25.8 Å². The summed E-state index contributed by atoms with van der Waals surface area (Å²) in [5.74, 6) is -0.105. The van der Waals surface area contributed by atoms with E-state index in [2.05, 4.69) is 26.2 Å². The number of hydrogen-bond donors (Lipinski definition) is 1. The summed E-state index contributed by atoms with van der Waals surface area (Å²) in [6, 6.07) is 0. The van der Waals surface area contributed by atoms with E-state index < -0.39 is 0 Å². The molecule has 0 saturated carbocycles.